The summed E-state index contributed by atoms with van der Waals surface area (Å²) in [6, 6.07) is 7.70. The molecular weight excluding hydrogens is 244 g/mol. The van der Waals surface area contributed by atoms with E-state index in [0.717, 1.165) is 22.8 Å². The van der Waals surface area contributed by atoms with E-state index in [1.54, 1.807) is 7.11 Å². The molecule has 2 rings (SSSR count). The Morgan fingerprint density at radius 1 is 1.42 bits per heavy atom. The summed E-state index contributed by atoms with van der Waals surface area (Å²) < 4.78 is 5.28. The molecule has 1 aromatic heterocycles. The number of para-hydroxylation sites is 1. The molecule has 5 heteroatoms. The summed E-state index contributed by atoms with van der Waals surface area (Å²) in [5.41, 5.74) is 2.39. The number of nitrogens with one attached hydrogen (secondary N) is 1. The lowest BCUT2D eigenvalue weighted by Crippen LogP contribution is -2.02. The molecule has 0 bridgehead atoms. The number of benzene rings is 1. The van der Waals surface area contributed by atoms with Gasteiger partial charge in [0.1, 0.15) is 11.6 Å². The highest BCUT2D eigenvalue weighted by molar-refractivity contribution is 5.69. The first-order valence-corrected chi connectivity index (χ1v) is 5.98. The van der Waals surface area contributed by atoms with Gasteiger partial charge in [0.05, 0.1) is 19.2 Å². The van der Waals surface area contributed by atoms with Crippen LogP contribution in [-0.2, 0) is 17.6 Å². The highest BCUT2D eigenvalue weighted by atomic mass is 16.5. The molecule has 5 nitrogen and oxygen atoms in total. The number of carboxylic acids is 1. The Kier molecular flexibility index (Phi) is 3.85. The van der Waals surface area contributed by atoms with Crippen molar-refractivity contribution in [3.8, 4) is 5.75 Å². The van der Waals surface area contributed by atoms with Crippen molar-refractivity contribution in [1.29, 1.82) is 0 Å². The molecule has 0 fully saturated rings. The van der Waals surface area contributed by atoms with Crippen LogP contribution in [-0.4, -0.2) is 28.2 Å². The molecule has 0 radical (unpaired) electrons. The van der Waals surface area contributed by atoms with Crippen LogP contribution in [0.3, 0.4) is 0 Å². The molecule has 0 aliphatic rings. The van der Waals surface area contributed by atoms with Crippen molar-refractivity contribution < 1.29 is 14.6 Å². The molecule has 19 heavy (non-hydrogen) atoms. The summed E-state index contributed by atoms with van der Waals surface area (Å²) in [5.74, 6) is 0.674. The maximum Gasteiger partial charge on any atom is 0.309 e. The van der Waals surface area contributed by atoms with E-state index in [-0.39, 0.29) is 6.42 Å². The van der Waals surface area contributed by atoms with Crippen molar-refractivity contribution in [3.63, 3.8) is 0 Å². The number of H-pyrrole nitrogens is 1. The van der Waals surface area contributed by atoms with Gasteiger partial charge in [-0.1, -0.05) is 18.2 Å². The maximum atomic E-state index is 10.7. The first-order chi connectivity index (χ1) is 9.10. The largest absolute Gasteiger partial charge is 0.496 e. The Morgan fingerprint density at radius 3 is 2.84 bits per heavy atom. The van der Waals surface area contributed by atoms with E-state index >= 15 is 0 Å². The van der Waals surface area contributed by atoms with E-state index in [0.29, 0.717) is 12.1 Å². The van der Waals surface area contributed by atoms with Crippen molar-refractivity contribution in [2.75, 3.05) is 7.11 Å². The number of aliphatic carboxylic acids is 1. The minimum atomic E-state index is -0.876. The van der Waals surface area contributed by atoms with Crippen LogP contribution in [0.1, 0.15) is 22.8 Å². The Labute approximate surface area is 111 Å². The zero-order chi connectivity index (χ0) is 13.8. The van der Waals surface area contributed by atoms with Crippen LogP contribution in [0.5, 0.6) is 5.75 Å². The number of ether oxygens (including phenoxy) is 1. The van der Waals surface area contributed by atoms with E-state index in [1.807, 2.05) is 31.2 Å². The van der Waals surface area contributed by atoms with Gasteiger partial charge < -0.3 is 14.8 Å². The number of carboxylic acid groups (broad SMARTS) is 1. The van der Waals surface area contributed by atoms with Crippen LogP contribution < -0.4 is 4.74 Å². The van der Waals surface area contributed by atoms with E-state index < -0.39 is 5.97 Å². The molecule has 1 heterocycles. The summed E-state index contributed by atoms with van der Waals surface area (Å²) in [4.78, 5) is 18.2. The molecule has 0 amide bonds. The number of hydrogen-bond acceptors (Lipinski definition) is 3. The highest BCUT2D eigenvalue weighted by Crippen LogP contribution is 2.20. The van der Waals surface area contributed by atoms with Crippen LogP contribution in [0.2, 0.25) is 0 Å². The van der Waals surface area contributed by atoms with Gasteiger partial charge in [0.15, 0.2) is 0 Å². The van der Waals surface area contributed by atoms with Crippen LogP contribution in [0.25, 0.3) is 0 Å². The smallest absolute Gasteiger partial charge is 0.309 e. The van der Waals surface area contributed by atoms with Gasteiger partial charge in [-0.3, -0.25) is 4.79 Å². The standard InChI is InChI=1S/C14H16N2O3/c1-9-11(8-14(17)18)16-13(15-9)7-10-5-3-4-6-12(10)19-2/h3-6H,7-8H2,1-2H3,(H,15,16)(H,17,18). The van der Waals surface area contributed by atoms with Gasteiger partial charge >= 0.3 is 5.97 Å². The summed E-state index contributed by atoms with van der Waals surface area (Å²) in [6.45, 7) is 1.83. The number of methoxy groups -OCH3 is 1. The topological polar surface area (TPSA) is 75.2 Å². The zero-order valence-corrected chi connectivity index (χ0v) is 10.9. The monoisotopic (exact) mass is 260 g/mol. The molecule has 0 saturated carbocycles. The number of imidazole rings is 1. The predicted molar refractivity (Wildman–Crippen MR) is 70.5 cm³/mol. The van der Waals surface area contributed by atoms with E-state index in [2.05, 4.69) is 9.97 Å². The first kappa shape index (κ1) is 13.1. The van der Waals surface area contributed by atoms with Crippen LogP contribution in [0.15, 0.2) is 24.3 Å². The molecule has 2 aromatic rings. The SMILES string of the molecule is COc1ccccc1Cc1nc(CC(=O)O)c(C)[nH]1. The third-order valence-electron chi connectivity index (χ3n) is 2.90. The van der Waals surface area contributed by atoms with E-state index in [9.17, 15) is 4.79 Å². The van der Waals surface area contributed by atoms with Crippen molar-refractivity contribution in [1.82, 2.24) is 9.97 Å². The third-order valence-corrected chi connectivity index (χ3v) is 2.90. The average molecular weight is 260 g/mol. The lowest BCUT2D eigenvalue weighted by molar-refractivity contribution is -0.136. The van der Waals surface area contributed by atoms with Crippen molar-refractivity contribution in [2.45, 2.75) is 19.8 Å². The van der Waals surface area contributed by atoms with Gasteiger partial charge in [-0.2, -0.15) is 0 Å². The summed E-state index contributed by atoms with van der Waals surface area (Å²) in [7, 11) is 1.63. The Bertz CT molecular complexity index is 590. The number of rotatable bonds is 5. The quantitative estimate of drug-likeness (QED) is 0.861. The summed E-state index contributed by atoms with van der Waals surface area (Å²) in [6.07, 6.45) is 0.527. The summed E-state index contributed by atoms with van der Waals surface area (Å²) >= 11 is 0. The lowest BCUT2D eigenvalue weighted by Gasteiger charge is -2.06. The van der Waals surface area contributed by atoms with Crippen LogP contribution in [0.4, 0.5) is 0 Å². The van der Waals surface area contributed by atoms with Crippen LogP contribution >= 0.6 is 0 Å². The number of aryl methyl sites for hydroxylation is 1. The van der Waals surface area contributed by atoms with Crippen molar-refractivity contribution >= 4 is 5.97 Å². The van der Waals surface area contributed by atoms with E-state index in [4.69, 9.17) is 9.84 Å². The Morgan fingerprint density at radius 2 is 2.16 bits per heavy atom. The van der Waals surface area contributed by atoms with Gasteiger partial charge in [-0.25, -0.2) is 4.98 Å². The fourth-order valence-electron chi connectivity index (χ4n) is 1.99. The summed E-state index contributed by atoms with van der Waals surface area (Å²) in [5, 5.41) is 8.80. The number of nitrogens with zero attached hydrogens (tertiary/aromatic N) is 1. The molecule has 0 spiro atoms. The molecule has 2 N–H and O–H groups in total. The fraction of sp³-hybridized carbons (Fsp3) is 0.286. The Balaban J connectivity index is 2.21. The normalized spacial score (nSPS) is 10.4. The van der Waals surface area contributed by atoms with Gasteiger partial charge in [0, 0.05) is 17.7 Å². The highest BCUT2D eigenvalue weighted by Gasteiger charge is 2.12. The molecule has 0 aliphatic carbocycles. The molecule has 1 aromatic carbocycles. The second-order valence-corrected chi connectivity index (χ2v) is 4.31. The minimum Gasteiger partial charge on any atom is -0.496 e. The molecule has 100 valence electrons. The average Bonchev–Trinajstić information content (AvgIpc) is 2.69. The van der Waals surface area contributed by atoms with E-state index in [1.165, 1.54) is 0 Å². The van der Waals surface area contributed by atoms with Crippen LogP contribution in [0, 0.1) is 6.92 Å². The number of aromatic nitrogens is 2. The predicted octanol–water partition coefficient (Wildman–Crippen LogP) is 1.94. The molecule has 0 aliphatic heterocycles. The third kappa shape index (κ3) is 3.13. The minimum absolute atomic E-state index is 0.0613. The van der Waals surface area contributed by atoms with Gasteiger partial charge in [-0.05, 0) is 13.0 Å². The van der Waals surface area contributed by atoms with Gasteiger partial charge in [-0.15, -0.1) is 0 Å². The molecule has 0 saturated heterocycles. The number of aromatic amines is 1. The molecule has 0 unspecified atom stereocenters. The van der Waals surface area contributed by atoms with Gasteiger partial charge in [0.25, 0.3) is 0 Å². The molecule has 0 atom stereocenters. The number of carbonyl (C=O) groups is 1. The maximum absolute atomic E-state index is 10.7. The van der Waals surface area contributed by atoms with Crippen molar-refractivity contribution in [3.05, 3.63) is 47.0 Å². The molecular formula is C14H16N2O3. The second kappa shape index (κ2) is 5.56. The number of hydrogen-bond donors (Lipinski definition) is 2. The zero-order valence-electron chi connectivity index (χ0n) is 10.9. The van der Waals surface area contributed by atoms with Crippen molar-refractivity contribution in [2.24, 2.45) is 0 Å². The second-order valence-electron chi connectivity index (χ2n) is 4.31. The van der Waals surface area contributed by atoms with Gasteiger partial charge in [0.2, 0.25) is 0 Å². The lowest BCUT2D eigenvalue weighted by atomic mass is 10.1. The fourth-order valence-corrected chi connectivity index (χ4v) is 1.99. The first-order valence-electron chi connectivity index (χ1n) is 5.98. The Hall–Kier alpha value is -2.30.